The van der Waals surface area contributed by atoms with Crippen LogP contribution in [0.15, 0.2) is 5.11 Å². The molecule has 0 aliphatic heterocycles. The Balaban J connectivity index is 3.07. The van der Waals surface area contributed by atoms with Crippen LogP contribution in [0, 0.1) is 6.92 Å². The van der Waals surface area contributed by atoms with Gasteiger partial charge in [0.05, 0.1) is 18.3 Å². The molecular formula is C8H13N5OS. The van der Waals surface area contributed by atoms with Gasteiger partial charge in [-0.05, 0) is 12.5 Å². The highest BCUT2D eigenvalue weighted by Gasteiger charge is 2.17. The molecule has 0 saturated heterocycles. The molecule has 1 unspecified atom stereocenters. The molecule has 0 amide bonds. The lowest BCUT2D eigenvalue weighted by Gasteiger charge is -2.06. The zero-order valence-corrected chi connectivity index (χ0v) is 9.69. The Hall–Kier alpha value is -1.30. The van der Waals surface area contributed by atoms with Gasteiger partial charge in [0.2, 0.25) is 0 Å². The molecule has 1 aromatic heterocycles. The van der Waals surface area contributed by atoms with E-state index in [-0.39, 0.29) is 6.61 Å². The number of aliphatic hydroxyl groups excluding tert-OH is 1. The van der Waals surface area contributed by atoms with Gasteiger partial charge in [0, 0.05) is 23.9 Å². The summed E-state index contributed by atoms with van der Waals surface area (Å²) >= 11 is 1.43. The molecule has 0 spiro atoms. The summed E-state index contributed by atoms with van der Waals surface area (Å²) in [5.41, 5.74) is 9.16. The summed E-state index contributed by atoms with van der Waals surface area (Å²) < 4.78 is 0. The fraction of sp³-hybridized carbons (Fsp3) is 0.625. The molecular weight excluding hydrogens is 214 g/mol. The summed E-state index contributed by atoms with van der Waals surface area (Å²) in [6, 6.07) is -0.527. The summed E-state index contributed by atoms with van der Waals surface area (Å²) in [4.78, 5) is 9.72. The van der Waals surface area contributed by atoms with Crippen LogP contribution in [-0.4, -0.2) is 30.8 Å². The van der Waals surface area contributed by atoms with E-state index in [9.17, 15) is 0 Å². The third kappa shape index (κ3) is 2.59. The van der Waals surface area contributed by atoms with Crippen molar-refractivity contribution in [3.63, 3.8) is 0 Å². The van der Waals surface area contributed by atoms with Crippen molar-refractivity contribution < 1.29 is 5.11 Å². The minimum atomic E-state index is -0.527. The zero-order chi connectivity index (χ0) is 11.4. The Morgan fingerprint density at radius 1 is 1.67 bits per heavy atom. The van der Waals surface area contributed by atoms with Crippen molar-refractivity contribution in [1.82, 2.24) is 4.98 Å². The van der Waals surface area contributed by atoms with Crippen LogP contribution in [0.1, 0.15) is 16.6 Å². The second-order valence-electron chi connectivity index (χ2n) is 3.24. The topological polar surface area (TPSA) is 85.1 Å². The predicted octanol–water partition coefficient (Wildman–Crippen LogP) is 1.86. The quantitative estimate of drug-likeness (QED) is 0.484. The number of aryl methyl sites for hydroxylation is 1. The van der Waals surface area contributed by atoms with Crippen LogP contribution in [0.25, 0.3) is 10.4 Å². The van der Waals surface area contributed by atoms with Crippen LogP contribution in [0.3, 0.4) is 0 Å². The number of aliphatic hydroxyl groups is 1. The van der Waals surface area contributed by atoms with E-state index in [1.54, 1.807) is 0 Å². The first-order chi connectivity index (χ1) is 7.10. The summed E-state index contributed by atoms with van der Waals surface area (Å²) in [6.45, 7) is 1.65. The number of aromatic nitrogens is 1. The van der Waals surface area contributed by atoms with E-state index in [4.69, 9.17) is 10.6 Å². The largest absolute Gasteiger partial charge is 0.396 e. The van der Waals surface area contributed by atoms with E-state index in [1.165, 1.54) is 11.3 Å². The first-order valence-corrected chi connectivity index (χ1v) is 5.21. The maximum absolute atomic E-state index is 9.08. The Morgan fingerprint density at radius 3 is 2.73 bits per heavy atom. The van der Waals surface area contributed by atoms with E-state index < -0.39 is 6.04 Å². The summed E-state index contributed by atoms with van der Waals surface area (Å²) in [6.07, 6.45) is 0. The maximum Gasteiger partial charge on any atom is 0.185 e. The van der Waals surface area contributed by atoms with Gasteiger partial charge in [-0.2, -0.15) is 0 Å². The van der Waals surface area contributed by atoms with E-state index >= 15 is 0 Å². The molecule has 0 bridgehead atoms. The van der Waals surface area contributed by atoms with Gasteiger partial charge in [-0.25, -0.2) is 4.98 Å². The van der Waals surface area contributed by atoms with Crippen LogP contribution in [0.5, 0.6) is 0 Å². The first-order valence-electron chi connectivity index (χ1n) is 4.39. The molecule has 1 rings (SSSR count). The van der Waals surface area contributed by atoms with Crippen molar-refractivity contribution >= 4 is 16.5 Å². The van der Waals surface area contributed by atoms with Gasteiger partial charge >= 0.3 is 0 Å². The number of thiazole rings is 1. The van der Waals surface area contributed by atoms with Gasteiger partial charge in [0.25, 0.3) is 0 Å². The van der Waals surface area contributed by atoms with Crippen molar-refractivity contribution in [3.8, 4) is 0 Å². The van der Waals surface area contributed by atoms with Crippen molar-refractivity contribution in [1.29, 1.82) is 0 Å². The average Bonchev–Trinajstić information content (AvgIpc) is 2.57. The molecule has 0 aliphatic carbocycles. The molecule has 82 valence electrons. The average molecular weight is 227 g/mol. The Morgan fingerprint density at radius 2 is 2.33 bits per heavy atom. The van der Waals surface area contributed by atoms with Gasteiger partial charge in [-0.3, -0.25) is 0 Å². The Labute approximate surface area is 91.8 Å². The Kier molecular flexibility index (Phi) is 3.90. The van der Waals surface area contributed by atoms with Crippen LogP contribution in [0.2, 0.25) is 0 Å². The molecule has 1 atom stereocenters. The Bertz CT molecular complexity index is 382. The minimum Gasteiger partial charge on any atom is -0.396 e. The lowest BCUT2D eigenvalue weighted by atomic mass is 10.2. The second-order valence-corrected chi connectivity index (χ2v) is 4.25. The standard InChI is InChI=1S/C8H13N5OS/c1-5-7(6(4-14)11-12-9)15-8(10-5)13(2)3/h6,14H,4H2,1-3H3. The lowest BCUT2D eigenvalue weighted by Crippen LogP contribution is -2.07. The molecule has 6 nitrogen and oxygen atoms in total. The summed E-state index contributed by atoms with van der Waals surface area (Å²) in [7, 11) is 3.78. The molecule has 0 aliphatic rings. The highest BCUT2D eigenvalue weighted by atomic mass is 32.1. The van der Waals surface area contributed by atoms with Gasteiger partial charge in [0.15, 0.2) is 5.13 Å². The fourth-order valence-electron chi connectivity index (χ4n) is 1.13. The number of hydrogen-bond donors (Lipinski definition) is 1. The van der Waals surface area contributed by atoms with Gasteiger partial charge in [-0.1, -0.05) is 5.11 Å². The van der Waals surface area contributed by atoms with Crippen molar-refractivity contribution in [3.05, 3.63) is 21.0 Å². The number of nitrogens with zero attached hydrogens (tertiary/aromatic N) is 5. The number of hydrogen-bond acceptors (Lipinski definition) is 5. The molecule has 15 heavy (non-hydrogen) atoms. The predicted molar refractivity (Wildman–Crippen MR) is 60.2 cm³/mol. The molecule has 1 heterocycles. The summed E-state index contributed by atoms with van der Waals surface area (Å²) in [5.74, 6) is 0. The molecule has 0 saturated carbocycles. The molecule has 1 N–H and O–H groups in total. The first kappa shape index (κ1) is 11.8. The van der Waals surface area contributed by atoms with Crippen molar-refractivity contribution in [2.45, 2.75) is 13.0 Å². The third-order valence-corrected chi connectivity index (χ3v) is 3.30. The molecule has 0 radical (unpaired) electrons. The SMILES string of the molecule is Cc1nc(N(C)C)sc1C(CO)N=[N+]=[N-]. The van der Waals surface area contributed by atoms with Crippen LogP contribution < -0.4 is 4.90 Å². The van der Waals surface area contributed by atoms with E-state index in [2.05, 4.69) is 15.0 Å². The third-order valence-electron chi connectivity index (χ3n) is 1.87. The van der Waals surface area contributed by atoms with Crippen LogP contribution in [0.4, 0.5) is 5.13 Å². The minimum absolute atomic E-state index is 0.194. The number of azide groups is 1. The normalized spacial score (nSPS) is 12.0. The molecule has 1 aromatic rings. The molecule has 7 heteroatoms. The summed E-state index contributed by atoms with van der Waals surface area (Å²) in [5, 5.41) is 13.5. The second kappa shape index (κ2) is 4.97. The van der Waals surface area contributed by atoms with Crippen LogP contribution >= 0.6 is 11.3 Å². The van der Waals surface area contributed by atoms with Crippen molar-refractivity contribution in [2.75, 3.05) is 25.6 Å². The number of anilines is 1. The van der Waals surface area contributed by atoms with Gasteiger partial charge < -0.3 is 10.0 Å². The lowest BCUT2D eigenvalue weighted by molar-refractivity contribution is 0.269. The maximum atomic E-state index is 9.08. The van der Waals surface area contributed by atoms with E-state index in [0.29, 0.717) is 0 Å². The zero-order valence-electron chi connectivity index (χ0n) is 8.88. The number of rotatable bonds is 4. The smallest absolute Gasteiger partial charge is 0.185 e. The monoisotopic (exact) mass is 227 g/mol. The molecule has 0 aromatic carbocycles. The molecule has 0 fully saturated rings. The van der Waals surface area contributed by atoms with E-state index in [0.717, 1.165) is 15.7 Å². The highest BCUT2D eigenvalue weighted by molar-refractivity contribution is 7.15. The van der Waals surface area contributed by atoms with E-state index in [1.807, 2.05) is 25.9 Å². The van der Waals surface area contributed by atoms with Crippen molar-refractivity contribution in [2.24, 2.45) is 5.11 Å². The fourth-order valence-corrected chi connectivity index (χ4v) is 2.14. The van der Waals surface area contributed by atoms with Gasteiger partial charge in [-0.15, -0.1) is 11.3 Å². The van der Waals surface area contributed by atoms with Crippen LogP contribution in [-0.2, 0) is 0 Å². The highest BCUT2D eigenvalue weighted by Crippen LogP contribution is 2.31. The van der Waals surface area contributed by atoms with Gasteiger partial charge in [0.1, 0.15) is 0 Å².